The normalized spacial score (nSPS) is 29.8. The highest BCUT2D eigenvalue weighted by Crippen LogP contribution is 2.16. The van der Waals surface area contributed by atoms with Gasteiger partial charge < -0.3 is 15.4 Å². The number of rotatable bonds is 4. The minimum absolute atomic E-state index is 0.192. The zero-order chi connectivity index (χ0) is 18.5. The molecule has 0 bridgehead atoms. The summed E-state index contributed by atoms with van der Waals surface area (Å²) >= 11 is 0. The molecule has 2 saturated heterocycles. The second kappa shape index (κ2) is 14.0. The second-order valence-corrected chi connectivity index (χ2v) is 6.70. The van der Waals surface area contributed by atoms with Crippen LogP contribution >= 0.6 is 0 Å². The van der Waals surface area contributed by atoms with E-state index >= 15 is 0 Å². The summed E-state index contributed by atoms with van der Waals surface area (Å²) in [7, 11) is 1.96. The molecule has 2 N–H and O–H groups in total. The molecule has 0 saturated carbocycles. The molecule has 146 valence electrons. The fraction of sp³-hybridized carbons (Fsp3) is 1.00. The molecule has 2 rings (SSSR count). The fourth-order valence-corrected chi connectivity index (χ4v) is 3.17. The SMILES string of the molecule is CC.CCOC1CCN(C(C)CC)CC1N.CN1CCCC(F)C1. The van der Waals surface area contributed by atoms with E-state index in [-0.39, 0.29) is 12.1 Å². The van der Waals surface area contributed by atoms with Crippen molar-refractivity contribution in [2.75, 3.05) is 39.8 Å². The highest BCUT2D eigenvalue weighted by molar-refractivity contribution is 4.85. The lowest BCUT2D eigenvalue weighted by atomic mass is 10.0. The number of likely N-dealkylation sites (tertiary alicyclic amines) is 2. The molecule has 4 unspecified atom stereocenters. The van der Waals surface area contributed by atoms with Gasteiger partial charge in [-0.2, -0.15) is 0 Å². The molecule has 0 amide bonds. The topological polar surface area (TPSA) is 41.7 Å². The van der Waals surface area contributed by atoms with Gasteiger partial charge in [0.1, 0.15) is 6.17 Å². The van der Waals surface area contributed by atoms with Crippen molar-refractivity contribution in [1.29, 1.82) is 0 Å². The molecule has 2 fully saturated rings. The Morgan fingerprint density at radius 1 is 1.17 bits per heavy atom. The van der Waals surface area contributed by atoms with Crippen LogP contribution in [0.25, 0.3) is 0 Å². The van der Waals surface area contributed by atoms with E-state index in [9.17, 15) is 4.39 Å². The largest absolute Gasteiger partial charge is 0.377 e. The highest BCUT2D eigenvalue weighted by atomic mass is 19.1. The minimum atomic E-state index is -0.561. The molecule has 2 aliphatic rings. The Labute approximate surface area is 149 Å². The Balaban J connectivity index is 0.000000447. The number of nitrogens with two attached hydrogens (primary N) is 1. The van der Waals surface area contributed by atoms with E-state index in [0.29, 0.717) is 12.6 Å². The van der Waals surface area contributed by atoms with Crippen LogP contribution in [0.2, 0.25) is 0 Å². The molecule has 0 aromatic rings. The van der Waals surface area contributed by atoms with Gasteiger partial charge in [-0.05, 0) is 53.1 Å². The summed E-state index contributed by atoms with van der Waals surface area (Å²) in [5, 5.41) is 0. The third kappa shape index (κ3) is 9.30. The summed E-state index contributed by atoms with van der Waals surface area (Å²) in [6.45, 7) is 15.1. The maximum Gasteiger partial charge on any atom is 0.113 e. The van der Waals surface area contributed by atoms with Crippen molar-refractivity contribution in [3.63, 3.8) is 0 Å². The van der Waals surface area contributed by atoms with Crippen molar-refractivity contribution in [1.82, 2.24) is 9.80 Å². The van der Waals surface area contributed by atoms with Gasteiger partial charge in [0, 0.05) is 38.3 Å². The van der Waals surface area contributed by atoms with Gasteiger partial charge in [-0.15, -0.1) is 0 Å². The molecule has 0 aromatic carbocycles. The van der Waals surface area contributed by atoms with E-state index in [1.165, 1.54) is 6.42 Å². The highest BCUT2D eigenvalue weighted by Gasteiger charge is 2.28. The van der Waals surface area contributed by atoms with Crippen LogP contribution in [0.3, 0.4) is 0 Å². The van der Waals surface area contributed by atoms with Crippen LogP contribution in [0.1, 0.15) is 60.3 Å². The first kappa shape index (κ1) is 23.8. The molecule has 24 heavy (non-hydrogen) atoms. The number of halogens is 1. The van der Waals surface area contributed by atoms with Crippen LogP contribution in [0.15, 0.2) is 0 Å². The average molecular weight is 348 g/mol. The van der Waals surface area contributed by atoms with Gasteiger partial charge in [0.25, 0.3) is 0 Å². The van der Waals surface area contributed by atoms with Gasteiger partial charge in [0.15, 0.2) is 0 Å². The third-order valence-corrected chi connectivity index (χ3v) is 4.79. The maximum atomic E-state index is 12.4. The Morgan fingerprint density at radius 3 is 2.25 bits per heavy atom. The number of piperidine rings is 2. The summed E-state index contributed by atoms with van der Waals surface area (Å²) in [6.07, 6.45) is 3.79. The summed E-state index contributed by atoms with van der Waals surface area (Å²) < 4.78 is 18.0. The minimum Gasteiger partial charge on any atom is -0.377 e. The van der Waals surface area contributed by atoms with Crippen LogP contribution in [0.5, 0.6) is 0 Å². The molecular formula is C19H42FN3O. The van der Waals surface area contributed by atoms with Crippen molar-refractivity contribution in [2.45, 2.75) is 84.7 Å². The first-order valence-electron chi connectivity index (χ1n) is 9.91. The van der Waals surface area contributed by atoms with Crippen LogP contribution in [-0.4, -0.2) is 74.0 Å². The van der Waals surface area contributed by atoms with Gasteiger partial charge in [-0.25, -0.2) is 4.39 Å². The number of alkyl halides is 1. The molecule has 4 nitrogen and oxygen atoms in total. The van der Waals surface area contributed by atoms with Crippen molar-refractivity contribution in [3.05, 3.63) is 0 Å². The van der Waals surface area contributed by atoms with E-state index in [2.05, 4.69) is 18.7 Å². The lowest BCUT2D eigenvalue weighted by Crippen LogP contribution is -2.54. The Hall–Kier alpha value is -0.230. The van der Waals surface area contributed by atoms with Gasteiger partial charge in [-0.3, -0.25) is 4.90 Å². The Bertz CT molecular complexity index is 286. The lowest BCUT2D eigenvalue weighted by Gasteiger charge is -2.39. The van der Waals surface area contributed by atoms with Crippen LogP contribution in [0.4, 0.5) is 4.39 Å². The molecule has 5 heteroatoms. The molecule has 0 aromatic heterocycles. The molecular weight excluding hydrogens is 305 g/mol. The van der Waals surface area contributed by atoms with E-state index in [1.807, 2.05) is 32.7 Å². The van der Waals surface area contributed by atoms with Crippen molar-refractivity contribution in [3.8, 4) is 0 Å². The number of hydrogen-bond donors (Lipinski definition) is 1. The molecule has 0 aliphatic carbocycles. The van der Waals surface area contributed by atoms with E-state index in [4.69, 9.17) is 10.5 Å². The van der Waals surface area contributed by atoms with E-state index in [1.54, 1.807) is 0 Å². The average Bonchev–Trinajstić information content (AvgIpc) is 2.58. The zero-order valence-electron chi connectivity index (χ0n) is 16.9. The third-order valence-electron chi connectivity index (χ3n) is 4.79. The second-order valence-electron chi connectivity index (χ2n) is 6.70. The van der Waals surface area contributed by atoms with Gasteiger partial charge >= 0.3 is 0 Å². The standard InChI is InChI=1S/C11H24N2O.C6H12FN.C2H6/c1-4-9(3)13-7-6-11(14-5-2)10(12)8-13;1-8-4-2-3-6(7)5-8;1-2/h9-11H,4-8,12H2,1-3H3;6H,2-5H2,1H3;1-2H3. The predicted octanol–water partition coefficient (Wildman–Crippen LogP) is 3.30. The lowest BCUT2D eigenvalue weighted by molar-refractivity contribution is -0.00890. The quantitative estimate of drug-likeness (QED) is 0.847. The van der Waals surface area contributed by atoms with Crippen molar-refractivity contribution < 1.29 is 9.13 Å². The van der Waals surface area contributed by atoms with Crippen molar-refractivity contribution in [2.24, 2.45) is 5.73 Å². The van der Waals surface area contributed by atoms with E-state index in [0.717, 1.165) is 45.5 Å². The Kier molecular flexibility index (Phi) is 13.9. The zero-order valence-corrected chi connectivity index (χ0v) is 16.9. The maximum absolute atomic E-state index is 12.4. The van der Waals surface area contributed by atoms with Gasteiger partial charge in [0.2, 0.25) is 0 Å². The predicted molar refractivity (Wildman–Crippen MR) is 102 cm³/mol. The summed E-state index contributed by atoms with van der Waals surface area (Å²) in [6, 6.07) is 0.848. The summed E-state index contributed by atoms with van der Waals surface area (Å²) in [4.78, 5) is 4.51. The van der Waals surface area contributed by atoms with Crippen LogP contribution in [-0.2, 0) is 4.74 Å². The Morgan fingerprint density at radius 2 is 1.83 bits per heavy atom. The van der Waals surface area contributed by atoms with Gasteiger partial charge in [0.05, 0.1) is 6.10 Å². The number of hydrogen-bond acceptors (Lipinski definition) is 4. The first-order valence-corrected chi connectivity index (χ1v) is 9.91. The fourth-order valence-electron chi connectivity index (χ4n) is 3.17. The molecule has 0 spiro atoms. The summed E-state index contributed by atoms with van der Waals surface area (Å²) in [5.74, 6) is 0. The molecule has 4 atom stereocenters. The smallest absolute Gasteiger partial charge is 0.113 e. The van der Waals surface area contributed by atoms with E-state index < -0.39 is 6.17 Å². The van der Waals surface area contributed by atoms with Crippen LogP contribution in [0, 0.1) is 0 Å². The van der Waals surface area contributed by atoms with Crippen molar-refractivity contribution >= 4 is 0 Å². The van der Waals surface area contributed by atoms with Crippen LogP contribution < -0.4 is 5.73 Å². The summed E-state index contributed by atoms with van der Waals surface area (Å²) in [5.41, 5.74) is 6.08. The molecule has 0 radical (unpaired) electrons. The monoisotopic (exact) mass is 347 g/mol. The number of nitrogens with zero attached hydrogens (tertiary/aromatic N) is 2. The first-order chi connectivity index (χ1) is 11.5. The molecule has 2 aliphatic heterocycles. The van der Waals surface area contributed by atoms with Gasteiger partial charge in [-0.1, -0.05) is 20.8 Å². The molecule has 2 heterocycles. The number of ether oxygens (including phenoxy) is 1.